The number of anilines is 1. The molecule has 1 aromatic rings. The van der Waals surface area contributed by atoms with E-state index in [0.717, 1.165) is 24.2 Å². The zero-order valence-electron chi connectivity index (χ0n) is 12.7. The van der Waals surface area contributed by atoms with E-state index in [9.17, 15) is 9.90 Å². The molecule has 1 fully saturated rings. The molecule has 3 atom stereocenters. The van der Waals surface area contributed by atoms with Crippen LogP contribution in [0.15, 0.2) is 24.3 Å². The molecule has 0 aliphatic carbocycles. The number of benzene rings is 1. The molecular formula is C16H25N3O2. The summed E-state index contributed by atoms with van der Waals surface area (Å²) in [4.78, 5) is 14.4. The molecule has 5 heteroatoms. The first-order chi connectivity index (χ1) is 10.0. The molecule has 1 amide bonds. The van der Waals surface area contributed by atoms with Crippen LogP contribution in [0, 0.1) is 5.92 Å². The van der Waals surface area contributed by atoms with Gasteiger partial charge < -0.3 is 16.2 Å². The van der Waals surface area contributed by atoms with Crippen molar-refractivity contribution < 1.29 is 9.90 Å². The summed E-state index contributed by atoms with van der Waals surface area (Å²) in [5, 5.41) is 12.9. The predicted octanol–water partition coefficient (Wildman–Crippen LogP) is 1.17. The fourth-order valence-corrected chi connectivity index (χ4v) is 2.61. The first kappa shape index (κ1) is 15.9. The van der Waals surface area contributed by atoms with E-state index in [1.807, 2.05) is 43.0 Å². The van der Waals surface area contributed by atoms with Crippen LogP contribution >= 0.6 is 0 Å². The van der Waals surface area contributed by atoms with Crippen molar-refractivity contribution in [1.82, 2.24) is 4.90 Å². The molecule has 1 aromatic carbocycles. The Bertz CT molecular complexity index is 492. The Kier molecular flexibility index (Phi) is 5.33. The highest BCUT2D eigenvalue weighted by Gasteiger charge is 2.30. The first-order valence-electron chi connectivity index (χ1n) is 7.53. The maximum atomic E-state index is 12.3. The van der Waals surface area contributed by atoms with Crippen molar-refractivity contribution in [2.45, 2.75) is 39.0 Å². The number of aliphatic hydroxyl groups excluding tert-OH is 1. The van der Waals surface area contributed by atoms with Crippen LogP contribution in [0.2, 0.25) is 0 Å². The summed E-state index contributed by atoms with van der Waals surface area (Å²) in [5.41, 5.74) is 7.36. The summed E-state index contributed by atoms with van der Waals surface area (Å²) in [6.07, 6.45) is 0.566. The Morgan fingerprint density at radius 1 is 1.57 bits per heavy atom. The van der Waals surface area contributed by atoms with Gasteiger partial charge in [0.15, 0.2) is 0 Å². The molecule has 3 unspecified atom stereocenters. The van der Waals surface area contributed by atoms with Crippen LogP contribution in [0.5, 0.6) is 0 Å². The summed E-state index contributed by atoms with van der Waals surface area (Å²) in [5.74, 6) is 0.253. The molecule has 1 aliphatic rings. The predicted molar refractivity (Wildman–Crippen MR) is 83.8 cm³/mol. The standard InChI is InChI=1S/C16H25N3O2/c1-11-6-7-19(10-15(11)20)12(2)16(21)18-14-5-3-4-13(8-14)9-17/h3-5,8,11-12,15,20H,6-7,9-10,17H2,1-2H3,(H,18,21). The number of piperidine rings is 1. The van der Waals surface area contributed by atoms with Crippen LogP contribution in [0.1, 0.15) is 25.8 Å². The second kappa shape index (κ2) is 7.02. The van der Waals surface area contributed by atoms with E-state index in [1.54, 1.807) is 0 Å². The van der Waals surface area contributed by atoms with Crippen LogP contribution in [0.4, 0.5) is 5.69 Å². The van der Waals surface area contributed by atoms with Crippen LogP contribution in [0.3, 0.4) is 0 Å². The van der Waals surface area contributed by atoms with Gasteiger partial charge in [0.05, 0.1) is 12.1 Å². The summed E-state index contributed by atoms with van der Waals surface area (Å²) >= 11 is 0. The van der Waals surface area contributed by atoms with Crippen molar-refractivity contribution in [2.24, 2.45) is 11.7 Å². The summed E-state index contributed by atoms with van der Waals surface area (Å²) < 4.78 is 0. The molecule has 0 saturated carbocycles. The van der Waals surface area contributed by atoms with Gasteiger partial charge in [-0.05, 0) is 43.5 Å². The highest BCUT2D eigenvalue weighted by molar-refractivity contribution is 5.94. The van der Waals surface area contributed by atoms with Gasteiger partial charge in [-0.2, -0.15) is 0 Å². The van der Waals surface area contributed by atoms with E-state index < -0.39 is 0 Å². The van der Waals surface area contributed by atoms with Crippen molar-refractivity contribution in [3.8, 4) is 0 Å². The second-order valence-corrected chi connectivity index (χ2v) is 5.90. The zero-order chi connectivity index (χ0) is 15.4. The van der Waals surface area contributed by atoms with E-state index in [1.165, 1.54) is 0 Å². The quantitative estimate of drug-likeness (QED) is 0.778. The third kappa shape index (κ3) is 4.03. The number of amides is 1. The van der Waals surface area contributed by atoms with Crippen LogP contribution < -0.4 is 11.1 Å². The number of carbonyl (C=O) groups excluding carboxylic acids is 1. The second-order valence-electron chi connectivity index (χ2n) is 5.90. The van der Waals surface area contributed by atoms with Crippen molar-refractivity contribution >= 4 is 11.6 Å². The molecule has 2 rings (SSSR count). The highest BCUT2D eigenvalue weighted by Crippen LogP contribution is 2.19. The molecule has 0 radical (unpaired) electrons. The molecule has 21 heavy (non-hydrogen) atoms. The van der Waals surface area contributed by atoms with Crippen molar-refractivity contribution in [2.75, 3.05) is 18.4 Å². The lowest BCUT2D eigenvalue weighted by Gasteiger charge is -2.37. The molecular weight excluding hydrogens is 266 g/mol. The average molecular weight is 291 g/mol. The maximum Gasteiger partial charge on any atom is 0.241 e. The summed E-state index contributed by atoms with van der Waals surface area (Å²) in [6, 6.07) is 7.30. The van der Waals surface area contributed by atoms with Crippen LogP contribution in [-0.4, -0.2) is 41.1 Å². The molecule has 1 aliphatic heterocycles. The van der Waals surface area contributed by atoms with Gasteiger partial charge in [0.1, 0.15) is 0 Å². The molecule has 1 saturated heterocycles. The number of hydrogen-bond acceptors (Lipinski definition) is 4. The fourth-order valence-electron chi connectivity index (χ4n) is 2.61. The summed E-state index contributed by atoms with van der Waals surface area (Å²) in [6.45, 7) is 5.78. The van der Waals surface area contributed by atoms with E-state index in [-0.39, 0.29) is 18.1 Å². The van der Waals surface area contributed by atoms with Crippen LogP contribution in [0.25, 0.3) is 0 Å². The number of rotatable bonds is 4. The fraction of sp³-hybridized carbons (Fsp3) is 0.562. The molecule has 4 N–H and O–H groups in total. The lowest BCUT2D eigenvalue weighted by atomic mass is 9.95. The highest BCUT2D eigenvalue weighted by atomic mass is 16.3. The van der Waals surface area contributed by atoms with Gasteiger partial charge in [-0.3, -0.25) is 9.69 Å². The van der Waals surface area contributed by atoms with Gasteiger partial charge in [-0.15, -0.1) is 0 Å². The molecule has 116 valence electrons. The monoisotopic (exact) mass is 291 g/mol. The molecule has 0 bridgehead atoms. The first-order valence-corrected chi connectivity index (χ1v) is 7.53. The number of likely N-dealkylation sites (tertiary alicyclic amines) is 1. The Hall–Kier alpha value is -1.43. The normalized spacial score (nSPS) is 24.6. The maximum absolute atomic E-state index is 12.3. The molecule has 0 spiro atoms. The minimum absolute atomic E-state index is 0.0501. The van der Waals surface area contributed by atoms with E-state index >= 15 is 0 Å². The van der Waals surface area contributed by atoms with Crippen molar-refractivity contribution in [1.29, 1.82) is 0 Å². The third-order valence-corrected chi connectivity index (χ3v) is 4.31. The third-order valence-electron chi connectivity index (χ3n) is 4.31. The van der Waals surface area contributed by atoms with Gasteiger partial charge in [-0.25, -0.2) is 0 Å². The van der Waals surface area contributed by atoms with Gasteiger partial charge in [0.2, 0.25) is 5.91 Å². The Morgan fingerprint density at radius 2 is 2.33 bits per heavy atom. The number of β-amino-alcohol motifs (C(OH)–C–C–N with tert-alkyl or cyclic N) is 1. The number of carbonyl (C=O) groups is 1. The number of nitrogens with zero attached hydrogens (tertiary/aromatic N) is 1. The Morgan fingerprint density at radius 3 is 3.00 bits per heavy atom. The van der Waals surface area contributed by atoms with Gasteiger partial charge in [0.25, 0.3) is 0 Å². The average Bonchev–Trinajstić information content (AvgIpc) is 2.49. The van der Waals surface area contributed by atoms with E-state index in [2.05, 4.69) is 5.32 Å². The Labute approximate surface area is 126 Å². The molecule has 1 heterocycles. The van der Waals surface area contributed by atoms with Gasteiger partial charge >= 0.3 is 0 Å². The number of nitrogens with one attached hydrogen (secondary N) is 1. The zero-order valence-corrected chi connectivity index (χ0v) is 12.7. The smallest absolute Gasteiger partial charge is 0.241 e. The number of aliphatic hydroxyl groups is 1. The SMILES string of the molecule is CC1CCN(C(C)C(=O)Nc2cccc(CN)c2)CC1O. The Balaban J connectivity index is 1.96. The minimum atomic E-state index is -0.352. The lowest BCUT2D eigenvalue weighted by Crippen LogP contribution is -2.50. The van der Waals surface area contributed by atoms with Crippen molar-refractivity contribution in [3.05, 3.63) is 29.8 Å². The molecule has 5 nitrogen and oxygen atoms in total. The van der Waals surface area contributed by atoms with Crippen LogP contribution in [-0.2, 0) is 11.3 Å². The topological polar surface area (TPSA) is 78.6 Å². The minimum Gasteiger partial charge on any atom is -0.392 e. The van der Waals surface area contributed by atoms with Crippen molar-refractivity contribution in [3.63, 3.8) is 0 Å². The molecule has 0 aromatic heterocycles. The van der Waals surface area contributed by atoms with Gasteiger partial charge in [-0.1, -0.05) is 19.1 Å². The number of nitrogens with two attached hydrogens (primary N) is 1. The number of hydrogen-bond donors (Lipinski definition) is 3. The lowest BCUT2D eigenvalue weighted by molar-refractivity contribution is -0.122. The summed E-state index contributed by atoms with van der Waals surface area (Å²) in [7, 11) is 0. The largest absolute Gasteiger partial charge is 0.392 e. The van der Waals surface area contributed by atoms with Gasteiger partial charge in [0, 0.05) is 18.8 Å². The van der Waals surface area contributed by atoms with E-state index in [4.69, 9.17) is 5.73 Å². The van der Waals surface area contributed by atoms with E-state index in [0.29, 0.717) is 19.0 Å².